The van der Waals surface area contributed by atoms with Crippen LogP contribution >= 0.6 is 11.6 Å². The van der Waals surface area contributed by atoms with Gasteiger partial charge in [0.1, 0.15) is 5.75 Å². The number of halogens is 7. The number of carbonyl (C=O) groups excluding carboxylic acids is 1. The van der Waals surface area contributed by atoms with Gasteiger partial charge in [-0.05, 0) is 60.2 Å². The molecule has 38 heavy (non-hydrogen) atoms. The number of aromatic nitrogens is 2. The number of nitrogens with zero attached hydrogens (tertiary/aromatic N) is 3. The lowest BCUT2D eigenvalue weighted by Gasteiger charge is -2.24. The second-order valence-electron chi connectivity index (χ2n) is 8.33. The highest BCUT2D eigenvalue weighted by Gasteiger charge is 2.35. The van der Waals surface area contributed by atoms with E-state index in [0.29, 0.717) is 10.6 Å². The van der Waals surface area contributed by atoms with Crippen molar-refractivity contribution in [2.45, 2.75) is 18.9 Å². The molecule has 0 fully saturated rings. The van der Waals surface area contributed by atoms with Crippen LogP contribution in [0.5, 0.6) is 5.75 Å². The van der Waals surface area contributed by atoms with Crippen molar-refractivity contribution >= 4 is 23.2 Å². The Labute approximate surface area is 217 Å². The Kier molecular flexibility index (Phi) is 7.16. The zero-order chi connectivity index (χ0) is 27.8. The molecule has 0 atom stereocenters. The molecule has 1 heterocycles. The van der Waals surface area contributed by atoms with Crippen LogP contribution < -0.4 is 4.90 Å². The van der Waals surface area contributed by atoms with E-state index in [1.165, 1.54) is 30.1 Å². The Balaban J connectivity index is 1.73. The molecule has 0 aliphatic carbocycles. The first-order valence-corrected chi connectivity index (χ1v) is 11.3. The van der Waals surface area contributed by atoms with Crippen LogP contribution in [-0.4, -0.2) is 20.8 Å². The summed E-state index contributed by atoms with van der Waals surface area (Å²) in [5.41, 5.74) is -1.30. The summed E-state index contributed by atoms with van der Waals surface area (Å²) in [6, 6.07) is 14.9. The highest BCUT2D eigenvalue weighted by atomic mass is 35.5. The monoisotopic (exact) mass is 553 g/mol. The molecule has 0 saturated heterocycles. The van der Waals surface area contributed by atoms with Crippen molar-refractivity contribution in [1.82, 2.24) is 9.78 Å². The number of hydrogen-bond acceptors (Lipinski definition) is 3. The molecular weight excluding hydrogens is 536 g/mol. The molecule has 1 N–H and O–H groups in total. The van der Waals surface area contributed by atoms with Gasteiger partial charge in [-0.3, -0.25) is 9.48 Å². The number of phenols is 1. The summed E-state index contributed by atoms with van der Waals surface area (Å²) < 4.78 is 79.2. The van der Waals surface area contributed by atoms with E-state index < -0.39 is 35.3 Å². The van der Waals surface area contributed by atoms with Crippen LogP contribution in [-0.2, 0) is 25.9 Å². The Morgan fingerprint density at radius 2 is 1.55 bits per heavy atom. The van der Waals surface area contributed by atoms with Gasteiger partial charge in [0.05, 0.1) is 17.8 Å². The zero-order valence-electron chi connectivity index (χ0n) is 19.5. The van der Waals surface area contributed by atoms with Crippen molar-refractivity contribution in [3.63, 3.8) is 0 Å². The second-order valence-corrected chi connectivity index (χ2v) is 8.77. The number of carbonyl (C=O) groups is 1. The van der Waals surface area contributed by atoms with E-state index in [1.54, 1.807) is 24.3 Å². The summed E-state index contributed by atoms with van der Waals surface area (Å²) >= 11 is 5.93. The Bertz CT molecular complexity index is 1460. The first-order chi connectivity index (χ1) is 17.7. The highest BCUT2D eigenvalue weighted by molar-refractivity contribution is 6.30. The quantitative estimate of drug-likeness (QED) is 0.263. The van der Waals surface area contributed by atoms with Crippen molar-refractivity contribution in [2.75, 3.05) is 4.90 Å². The lowest BCUT2D eigenvalue weighted by atomic mass is 10.1. The third-order valence-corrected chi connectivity index (χ3v) is 5.95. The molecule has 0 radical (unpaired) electrons. The van der Waals surface area contributed by atoms with Crippen LogP contribution in [0, 0.1) is 0 Å². The van der Waals surface area contributed by atoms with Crippen LogP contribution in [0.15, 0.2) is 72.8 Å². The first kappa shape index (κ1) is 27.1. The lowest BCUT2D eigenvalue weighted by molar-refractivity contribution is -0.141. The molecule has 4 aromatic rings. The minimum absolute atomic E-state index is 0.0142. The fraction of sp³-hybridized carbons (Fsp3) is 0.154. The molecule has 198 valence electrons. The average molecular weight is 554 g/mol. The molecule has 12 heteroatoms. The van der Waals surface area contributed by atoms with E-state index in [-0.39, 0.29) is 29.1 Å². The molecule has 4 rings (SSSR count). The van der Waals surface area contributed by atoms with Gasteiger partial charge in [-0.15, -0.1) is 0 Å². The molecule has 0 aliphatic rings. The topological polar surface area (TPSA) is 58.4 Å². The Morgan fingerprint density at radius 1 is 0.921 bits per heavy atom. The summed E-state index contributed by atoms with van der Waals surface area (Å²) in [5, 5.41) is 14.6. The summed E-state index contributed by atoms with van der Waals surface area (Å²) in [4.78, 5) is 14.6. The second kappa shape index (κ2) is 10.1. The van der Waals surface area contributed by atoms with Gasteiger partial charge in [0, 0.05) is 35.0 Å². The molecule has 0 saturated carbocycles. The van der Waals surface area contributed by atoms with Gasteiger partial charge in [0.15, 0.2) is 5.69 Å². The van der Waals surface area contributed by atoms with Gasteiger partial charge in [-0.2, -0.15) is 31.4 Å². The number of benzene rings is 3. The number of alkyl halides is 6. The van der Waals surface area contributed by atoms with Crippen LogP contribution in [0.3, 0.4) is 0 Å². The predicted octanol–water partition coefficient (Wildman–Crippen LogP) is 7.33. The van der Waals surface area contributed by atoms with Crippen molar-refractivity contribution in [2.24, 2.45) is 7.05 Å². The van der Waals surface area contributed by atoms with E-state index in [9.17, 15) is 36.2 Å². The molecule has 5 nitrogen and oxygen atoms in total. The zero-order valence-corrected chi connectivity index (χ0v) is 20.2. The van der Waals surface area contributed by atoms with Crippen molar-refractivity contribution < 1.29 is 36.2 Å². The van der Waals surface area contributed by atoms with Crippen molar-refractivity contribution in [3.05, 3.63) is 100 Å². The number of amides is 1. The third kappa shape index (κ3) is 5.77. The van der Waals surface area contributed by atoms with Crippen LogP contribution in [0.4, 0.5) is 32.0 Å². The normalized spacial score (nSPS) is 12.0. The average Bonchev–Trinajstić information content (AvgIpc) is 3.24. The van der Waals surface area contributed by atoms with E-state index in [2.05, 4.69) is 5.10 Å². The largest absolute Gasteiger partial charge is 0.507 e. The van der Waals surface area contributed by atoms with Crippen LogP contribution in [0.2, 0.25) is 5.02 Å². The molecular formula is C26H18ClF6N3O2. The number of phenolic OH excluding ortho intramolecular Hbond substituents is 1. The van der Waals surface area contributed by atoms with E-state index in [4.69, 9.17) is 11.6 Å². The SMILES string of the molecule is Cn1nc(C(F)(F)F)cc1-c1ccc(N(Cc2ccc(Cl)cc2)C(=O)c2ccc(C(F)(F)F)cc2)cc1O. The molecule has 0 unspecified atom stereocenters. The van der Waals surface area contributed by atoms with E-state index >= 15 is 0 Å². The third-order valence-electron chi connectivity index (χ3n) is 5.70. The minimum atomic E-state index is -4.69. The maximum Gasteiger partial charge on any atom is 0.435 e. The van der Waals surface area contributed by atoms with E-state index in [1.807, 2.05) is 0 Å². The number of aryl methyl sites for hydroxylation is 1. The molecule has 1 amide bonds. The molecule has 0 aliphatic heterocycles. The van der Waals surface area contributed by atoms with Gasteiger partial charge in [0.2, 0.25) is 0 Å². The molecule has 3 aromatic carbocycles. The van der Waals surface area contributed by atoms with Gasteiger partial charge in [-0.25, -0.2) is 0 Å². The fourth-order valence-corrected chi connectivity index (χ4v) is 3.90. The number of anilines is 1. The molecule has 1 aromatic heterocycles. The van der Waals surface area contributed by atoms with Gasteiger partial charge in [-0.1, -0.05) is 23.7 Å². The Morgan fingerprint density at radius 3 is 2.08 bits per heavy atom. The smallest absolute Gasteiger partial charge is 0.435 e. The van der Waals surface area contributed by atoms with Crippen molar-refractivity contribution in [3.8, 4) is 17.0 Å². The summed E-state index contributed by atoms with van der Waals surface area (Å²) in [7, 11) is 1.29. The summed E-state index contributed by atoms with van der Waals surface area (Å²) in [6.45, 7) is -0.0419. The number of aromatic hydroxyl groups is 1. The maximum absolute atomic E-state index is 13.4. The Hall–Kier alpha value is -3.99. The minimum Gasteiger partial charge on any atom is -0.507 e. The molecule has 0 bridgehead atoms. The predicted molar refractivity (Wildman–Crippen MR) is 129 cm³/mol. The highest BCUT2D eigenvalue weighted by Crippen LogP contribution is 2.37. The standard InChI is InChI=1S/C26H18ClF6N3O2/c1-35-21(13-23(34-35)26(31,32)33)20-11-10-19(12-22(20)37)36(14-15-2-8-18(27)9-3-15)24(38)16-4-6-17(7-5-16)25(28,29)30/h2-13,37H,14H2,1H3. The van der Waals surface area contributed by atoms with Gasteiger partial charge < -0.3 is 10.0 Å². The van der Waals surface area contributed by atoms with Crippen LogP contribution in [0.1, 0.15) is 27.2 Å². The first-order valence-electron chi connectivity index (χ1n) is 10.9. The fourth-order valence-electron chi connectivity index (χ4n) is 3.77. The summed E-state index contributed by atoms with van der Waals surface area (Å²) in [5.74, 6) is -1.10. The van der Waals surface area contributed by atoms with Gasteiger partial charge in [0.25, 0.3) is 5.91 Å². The number of rotatable bonds is 5. The number of hydrogen-bond donors (Lipinski definition) is 1. The summed E-state index contributed by atoms with van der Waals surface area (Å²) in [6.07, 6.45) is -9.26. The molecule has 0 spiro atoms. The van der Waals surface area contributed by atoms with Gasteiger partial charge >= 0.3 is 12.4 Å². The lowest BCUT2D eigenvalue weighted by Crippen LogP contribution is -2.30. The van der Waals surface area contributed by atoms with E-state index in [0.717, 1.165) is 35.0 Å². The van der Waals surface area contributed by atoms with Crippen LogP contribution in [0.25, 0.3) is 11.3 Å². The van der Waals surface area contributed by atoms with Crippen molar-refractivity contribution in [1.29, 1.82) is 0 Å². The maximum atomic E-state index is 13.4.